The average molecular weight is 267 g/mol. The van der Waals surface area contributed by atoms with Gasteiger partial charge in [-0.2, -0.15) is 0 Å². The summed E-state index contributed by atoms with van der Waals surface area (Å²) in [6, 6.07) is 4.11. The number of thiazole rings is 1. The first-order valence-electron chi connectivity index (χ1n) is 5.39. The molecule has 0 fully saturated rings. The van der Waals surface area contributed by atoms with Crippen LogP contribution in [0.15, 0.2) is 17.5 Å². The van der Waals surface area contributed by atoms with Gasteiger partial charge in [0, 0.05) is 11.3 Å². The van der Waals surface area contributed by atoms with Gasteiger partial charge in [-0.25, -0.2) is 4.98 Å². The minimum atomic E-state index is -0.741. The Morgan fingerprint density at radius 3 is 3.00 bits per heavy atom. The summed E-state index contributed by atoms with van der Waals surface area (Å²) < 4.78 is 0. The van der Waals surface area contributed by atoms with Gasteiger partial charge < -0.3 is 5.11 Å². The number of carboxylic acids is 1. The second-order valence-corrected chi connectivity index (χ2v) is 5.88. The fraction of sp³-hybridized carbons (Fsp3) is 0.333. The van der Waals surface area contributed by atoms with E-state index < -0.39 is 5.97 Å². The van der Waals surface area contributed by atoms with E-state index in [0.29, 0.717) is 6.42 Å². The summed E-state index contributed by atoms with van der Waals surface area (Å²) in [5, 5.41) is 11.7. The third-order valence-electron chi connectivity index (χ3n) is 2.35. The van der Waals surface area contributed by atoms with E-state index in [2.05, 4.69) is 11.1 Å². The number of carbonyl (C=O) groups is 1. The van der Waals surface area contributed by atoms with Gasteiger partial charge in [0.25, 0.3) is 0 Å². The van der Waals surface area contributed by atoms with E-state index in [4.69, 9.17) is 5.11 Å². The first kappa shape index (κ1) is 12.3. The first-order valence-corrected chi connectivity index (χ1v) is 7.08. The predicted molar refractivity (Wildman–Crippen MR) is 70.7 cm³/mol. The summed E-state index contributed by atoms with van der Waals surface area (Å²) >= 11 is 3.38. The largest absolute Gasteiger partial charge is 0.481 e. The van der Waals surface area contributed by atoms with Crippen LogP contribution in [0.25, 0.3) is 9.75 Å². The smallest absolute Gasteiger partial charge is 0.303 e. The summed E-state index contributed by atoms with van der Waals surface area (Å²) in [5.41, 5.74) is 1.04. The van der Waals surface area contributed by atoms with Crippen molar-refractivity contribution in [3.8, 4) is 9.75 Å². The molecule has 2 rings (SSSR count). The standard InChI is InChI=1S/C12H13NO2S2/c1-8-13-9(4-2-6-11(14)15)12(17-8)10-5-3-7-16-10/h3,5,7H,2,4,6H2,1H3,(H,14,15). The number of nitrogens with zero attached hydrogens (tertiary/aromatic N) is 1. The second kappa shape index (κ2) is 5.42. The molecule has 0 radical (unpaired) electrons. The van der Waals surface area contributed by atoms with Crippen molar-refractivity contribution in [2.75, 3.05) is 0 Å². The highest BCUT2D eigenvalue weighted by Gasteiger charge is 2.12. The minimum Gasteiger partial charge on any atom is -0.481 e. The Labute approximate surface area is 108 Å². The van der Waals surface area contributed by atoms with Crippen LogP contribution in [0.2, 0.25) is 0 Å². The molecule has 5 heteroatoms. The SMILES string of the molecule is Cc1nc(CCCC(=O)O)c(-c2cccs2)s1. The van der Waals surface area contributed by atoms with Crippen molar-refractivity contribution in [2.24, 2.45) is 0 Å². The Morgan fingerprint density at radius 2 is 2.35 bits per heavy atom. The lowest BCUT2D eigenvalue weighted by Gasteiger charge is -1.98. The van der Waals surface area contributed by atoms with Gasteiger partial charge in [0.05, 0.1) is 15.6 Å². The molecule has 2 aromatic heterocycles. The molecule has 0 unspecified atom stereocenters. The molecule has 2 heterocycles. The Kier molecular flexibility index (Phi) is 3.91. The number of hydrogen-bond donors (Lipinski definition) is 1. The van der Waals surface area contributed by atoms with Gasteiger partial charge in [0.1, 0.15) is 0 Å². The maximum Gasteiger partial charge on any atom is 0.303 e. The number of aliphatic carboxylic acids is 1. The first-order chi connectivity index (χ1) is 8.16. The van der Waals surface area contributed by atoms with Crippen LogP contribution in [0.1, 0.15) is 23.5 Å². The topological polar surface area (TPSA) is 50.2 Å². The van der Waals surface area contributed by atoms with E-state index in [9.17, 15) is 4.79 Å². The highest BCUT2D eigenvalue weighted by Crippen LogP contribution is 2.34. The van der Waals surface area contributed by atoms with Crippen LogP contribution in [-0.2, 0) is 11.2 Å². The Bertz CT molecular complexity index is 503. The van der Waals surface area contributed by atoms with Crippen molar-refractivity contribution in [3.63, 3.8) is 0 Å². The van der Waals surface area contributed by atoms with E-state index in [-0.39, 0.29) is 6.42 Å². The van der Waals surface area contributed by atoms with Crippen LogP contribution >= 0.6 is 22.7 Å². The zero-order chi connectivity index (χ0) is 12.3. The van der Waals surface area contributed by atoms with E-state index in [1.807, 2.05) is 18.4 Å². The molecule has 1 N–H and O–H groups in total. The lowest BCUT2D eigenvalue weighted by atomic mass is 10.1. The molecule has 2 aromatic rings. The zero-order valence-corrected chi connectivity index (χ0v) is 11.1. The summed E-state index contributed by atoms with van der Waals surface area (Å²) in [7, 11) is 0. The summed E-state index contributed by atoms with van der Waals surface area (Å²) in [5.74, 6) is -0.741. The van der Waals surface area contributed by atoms with Crippen LogP contribution in [0.3, 0.4) is 0 Å². The van der Waals surface area contributed by atoms with E-state index in [1.165, 1.54) is 9.75 Å². The Morgan fingerprint density at radius 1 is 1.53 bits per heavy atom. The zero-order valence-electron chi connectivity index (χ0n) is 9.47. The maximum atomic E-state index is 10.5. The quantitative estimate of drug-likeness (QED) is 0.900. The Balaban J connectivity index is 2.14. The summed E-state index contributed by atoms with van der Waals surface area (Å²) in [6.45, 7) is 1.99. The third kappa shape index (κ3) is 3.14. The molecule has 0 aromatic carbocycles. The van der Waals surface area contributed by atoms with Gasteiger partial charge in [0.15, 0.2) is 0 Å². The molecular weight excluding hydrogens is 254 g/mol. The highest BCUT2D eigenvalue weighted by molar-refractivity contribution is 7.21. The molecule has 0 aliphatic carbocycles. The molecule has 0 amide bonds. The fourth-order valence-electron chi connectivity index (χ4n) is 1.65. The van der Waals surface area contributed by atoms with Crippen molar-refractivity contribution in [1.29, 1.82) is 0 Å². The van der Waals surface area contributed by atoms with Crippen molar-refractivity contribution >= 4 is 28.6 Å². The van der Waals surface area contributed by atoms with Crippen LogP contribution in [0, 0.1) is 6.92 Å². The number of rotatable bonds is 5. The molecule has 0 spiro atoms. The van der Waals surface area contributed by atoms with Crippen molar-refractivity contribution in [1.82, 2.24) is 4.98 Å². The number of thiophene rings is 1. The van der Waals surface area contributed by atoms with Gasteiger partial charge >= 0.3 is 5.97 Å². The van der Waals surface area contributed by atoms with E-state index >= 15 is 0 Å². The highest BCUT2D eigenvalue weighted by atomic mass is 32.1. The monoisotopic (exact) mass is 267 g/mol. The summed E-state index contributed by atoms with van der Waals surface area (Å²) in [6.07, 6.45) is 1.60. The van der Waals surface area contributed by atoms with Gasteiger partial charge in [0.2, 0.25) is 0 Å². The number of aryl methyl sites for hydroxylation is 2. The molecule has 0 saturated heterocycles. The second-order valence-electron chi connectivity index (χ2n) is 3.73. The van der Waals surface area contributed by atoms with Crippen molar-refractivity contribution < 1.29 is 9.90 Å². The Hall–Kier alpha value is -1.20. The minimum absolute atomic E-state index is 0.209. The van der Waals surface area contributed by atoms with Crippen LogP contribution in [-0.4, -0.2) is 16.1 Å². The average Bonchev–Trinajstić information content (AvgIpc) is 2.86. The molecule has 0 atom stereocenters. The third-order valence-corrected chi connectivity index (χ3v) is 4.42. The summed E-state index contributed by atoms with van der Waals surface area (Å²) in [4.78, 5) is 17.4. The van der Waals surface area contributed by atoms with E-state index in [1.54, 1.807) is 22.7 Å². The molecule has 90 valence electrons. The number of aromatic nitrogens is 1. The predicted octanol–water partition coefficient (Wildman–Crippen LogP) is 3.59. The van der Waals surface area contributed by atoms with Crippen LogP contribution < -0.4 is 0 Å². The normalized spacial score (nSPS) is 10.6. The van der Waals surface area contributed by atoms with Crippen molar-refractivity contribution in [3.05, 3.63) is 28.2 Å². The lowest BCUT2D eigenvalue weighted by Crippen LogP contribution is -1.96. The van der Waals surface area contributed by atoms with E-state index in [0.717, 1.165) is 17.1 Å². The lowest BCUT2D eigenvalue weighted by molar-refractivity contribution is -0.137. The molecule has 0 aliphatic heterocycles. The van der Waals surface area contributed by atoms with Gasteiger partial charge in [-0.05, 0) is 31.2 Å². The maximum absolute atomic E-state index is 10.5. The number of hydrogen-bond acceptors (Lipinski definition) is 4. The number of carboxylic acid groups (broad SMARTS) is 1. The fourth-order valence-corrected chi connectivity index (χ4v) is 3.49. The van der Waals surface area contributed by atoms with Gasteiger partial charge in [-0.15, -0.1) is 22.7 Å². The van der Waals surface area contributed by atoms with Gasteiger partial charge in [-0.3, -0.25) is 4.79 Å². The van der Waals surface area contributed by atoms with Crippen molar-refractivity contribution in [2.45, 2.75) is 26.2 Å². The molecule has 0 saturated carbocycles. The molecule has 0 aliphatic rings. The molecular formula is C12H13NO2S2. The van der Waals surface area contributed by atoms with Crippen LogP contribution in [0.4, 0.5) is 0 Å². The van der Waals surface area contributed by atoms with Crippen LogP contribution in [0.5, 0.6) is 0 Å². The van der Waals surface area contributed by atoms with Gasteiger partial charge in [-0.1, -0.05) is 6.07 Å². The molecule has 0 bridgehead atoms. The molecule has 17 heavy (non-hydrogen) atoms. The molecule has 3 nitrogen and oxygen atoms in total.